The van der Waals surface area contributed by atoms with Crippen LogP contribution in [0.1, 0.15) is 17.0 Å². The van der Waals surface area contributed by atoms with Gasteiger partial charge in [-0.15, -0.1) is 0 Å². The van der Waals surface area contributed by atoms with Gasteiger partial charge >= 0.3 is 0 Å². The zero-order valence-electron chi connectivity index (χ0n) is 18.2. The summed E-state index contributed by atoms with van der Waals surface area (Å²) in [6.07, 6.45) is 0. The number of para-hydroxylation sites is 1. The highest BCUT2D eigenvalue weighted by atomic mass is 16.6. The number of aromatic nitrogens is 1. The van der Waals surface area contributed by atoms with E-state index in [4.69, 9.17) is 10.5 Å². The molecule has 0 bridgehead atoms. The van der Waals surface area contributed by atoms with E-state index in [0.29, 0.717) is 11.1 Å². The van der Waals surface area contributed by atoms with Crippen LogP contribution in [0.15, 0.2) is 95.9 Å². The zero-order valence-corrected chi connectivity index (χ0v) is 18.2. The van der Waals surface area contributed by atoms with Crippen LogP contribution in [0.25, 0.3) is 27.9 Å². The average molecular weight is 459 g/mol. The Morgan fingerprint density at radius 2 is 1.57 bits per heavy atom. The average Bonchev–Trinajstić information content (AvgIpc) is 3.28. The molecule has 4 aromatic rings. The van der Waals surface area contributed by atoms with Gasteiger partial charge in [-0.05, 0) is 17.2 Å². The second-order valence-corrected chi connectivity index (χ2v) is 7.91. The van der Waals surface area contributed by atoms with Crippen LogP contribution in [0.4, 0.5) is 5.69 Å². The number of hydrogen-bond donors (Lipinski definition) is 2. The summed E-state index contributed by atoms with van der Waals surface area (Å²) in [5.41, 5.74) is 10.0. The molecule has 3 N–H and O–H groups in total. The number of nitrogens with zero attached hydrogens (tertiary/aromatic N) is 3. The highest BCUT2D eigenvalue weighted by Crippen LogP contribution is 2.46. The molecule has 8 nitrogen and oxygen atoms in total. The third-order valence-electron chi connectivity index (χ3n) is 5.97. The van der Waals surface area contributed by atoms with Crippen LogP contribution in [-0.2, 0) is 4.74 Å². The predicted octanol–water partition coefficient (Wildman–Crippen LogP) is 5.49. The number of H-pyrrole nitrogens is 1. The summed E-state index contributed by atoms with van der Waals surface area (Å²) in [5, 5.41) is 32.1. The van der Waals surface area contributed by atoms with Crippen LogP contribution in [0.3, 0.4) is 0 Å². The summed E-state index contributed by atoms with van der Waals surface area (Å²) in [4.78, 5) is 14.0. The van der Waals surface area contributed by atoms with E-state index in [1.807, 2.05) is 54.6 Å². The normalized spacial score (nSPS) is 15.4. The maximum atomic E-state index is 11.1. The summed E-state index contributed by atoms with van der Waals surface area (Å²) in [6, 6.07) is 27.3. The van der Waals surface area contributed by atoms with Crippen LogP contribution in [0.2, 0.25) is 0 Å². The summed E-state index contributed by atoms with van der Waals surface area (Å²) in [7, 11) is 0. The van der Waals surface area contributed by atoms with Gasteiger partial charge in [0.2, 0.25) is 5.88 Å². The van der Waals surface area contributed by atoms with Crippen molar-refractivity contribution in [1.82, 2.24) is 4.98 Å². The number of nitrogens with two attached hydrogens (primary N) is 1. The monoisotopic (exact) mass is 459 g/mol. The van der Waals surface area contributed by atoms with Crippen molar-refractivity contribution in [3.63, 3.8) is 0 Å². The highest BCUT2D eigenvalue weighted by Gasteiger charge is 2.36. The topological polar surface area (TPSA) is 142 Å². The van der Waals surface area contributed by atoms with Gasteiger partial charge in [-0.25, -0.2) is 0 Å². The van der Waals surface area contributed by atoms with Gasteiger partial charge < -0.3 is 15.5 Å². The number of benzene rings is 3. The Bertz CT molecular complexity index is 1620. The first-order valence-corrected chi connectivity index (χ1v) is 10.7. The summed E-state index contributed by atoms with van der Waals surface area (Å²) >= 11 is 0. The molecule has 0 fully saturated rings. The van der Waals surface area contributed by atoms with E-state index in [0.717, 1.165) is 22.2 Å². The van der Waals surface area contributed by atoms with Crippen LogP contribution in [0.5, 0.6) is 0 Å². The largest absolute Gasteiger partial charge is 0.439 e. The summed E-state index contributed by atoms with van der Waals surface area (Å²) < 4.78 is 5.99. The van der Waals surface area contributed by atoms with Gasteiger partial charge in [-0.2, -0.15) is 10.5 Å². The number of non-ortho nitro benzene ring substituents is 1. The second-order valence-electron chi connectivity index (χ2n) is 7.91. The molecular formula is C27H17N5O3. The molecule has 0 spiro atoms. The fraction of sp³-hybridized carbons (Fsp3) is 0.0370. The van der Waals surface area contributed by atoms with Gasteiger partial charge in [0, 0.05) is 23.0 Å². The number of allylic oxidation sites excluding steroid dienone is 2. The van der Waals surface area contributed by atoms with Crippen LogP contribution >= 0.6 is 0 Å². The van der Waals surface area contributed by atoms with Crippen molar-refractivity contribution in [3.05, 3.63) is 117 Å². The van der Waals surface area contributed by atoms with Crippen molar-refractivity contribution < 1.29 is 9.66 Å². The van der Waals surface area contributed by atoms with Crippen LogP contribution in [0, 0.1) is 32.8 Å². The van der Waals surface area contributed by atoms with E-state index >= 15 is 0 Å². The molecule has 3 aromatic carbocycles. The molecule has 0 saturated carbocycles. The van der Waals surface area contributed by atoms with E-state index in [1.165, 1.54) is 24.3 Å². The summed E-state index contributed by atoms with van der Waals surface area (Å²) in [5.74, 6) is -0.718. The quantitative estimate of drug-likeness (QED) is 0.305. The number of hydrogen-bond acceptors (Lipinski definition) is 6. The fourth-order valence-electron chi connectivity index (χ4n) is 4.38. The number of fused-ring (bicyclic) bond motifs is 1. The van der Waals surface area contributed by atoms with Gasteiger partial charge in [0.05, 0.1) is 33.7 Å². The molecule has 5 rings (SSSR count). The molecule has 0 aliphatic carbocycles. The molecule has 0 amide bonds. The maximum Gasteiger partial charge on any atom is 0.269 e. The lowest BCUT2D eigenvalue weighted by Crippen LogP contribution is -2.20. The van der Waals surface area contributed by atoms with Crippen molar-refractivity contribution in [3.8, 4) is 23.4 Å². The summed E-state index contributed by atoms with van der Waals surface area (Å²) in [6.45, 7) is 0. The van der Waals surface area contributed by atoms with Gasteiger partial charge in [0.25, 0.3) is 5.69 Å². The SMILES string of the molecule is N#CC1=C(N)OC(c2c(-c3ccccc3)[nH]c3ccccc23)=C(C#N)C1c1ccc([N+](=O)[O-])cc1. The van der Waals surface area contributed by atoms with Crippen LogP contribution < -0.4 is 5.73 Å². The predicted molar refractivity (Wildman–Crippen MR) is 130 cm³/mol. The van der Waals surface area contributed by atoms with Crippen molar-refractivity contribution in [2.45, 2.75) is 5.92 Å². The third-order valence-corrected chi connectivity index (χ3v) is 5.97. The molecule has 1 aliphatic rings. The van der Waals surface area contributed by atoms with Crippen molar-refractivity contribution >= 4 is 22.3 Å². The van der Waals surface area contributed by atoms with E-state index in [9.17, 15) is 20.6 Å². The Balaban J connectivity index is 1.80. The number of nitrogens with one attached hydrogen (secondary N) is 1. The van der Waals surface area contributed by atoms with Gasteiger partial charge in [0.15, 0.2) is 5.76 Å². The van der Waals surface area contributed by atoms with Crippen molar-refractivity contribution in [2.75, 3.05) is 0 Å². The molecule has 1 aliphatic heterocycles. The van der Waals surface area contributed by atoms with Gasteiger partial charge in [-0.3, -0.25) is 10.1 Å². The number of ether oxygens (including phenoxy) is 1. The fourth-order valence-corrected chi connectivity index (χ4v) is 4.38. The first-order chi connectivity index (χ1) is 17.0. The highest BCUT2D eigenvalue weighted by molar-refractivity contribution is 6.00. The Morgan fingerprint density at radius 3 is 2.23 bits per heavy atom. The van der Waals surface area contributed by atoms with Gasteiger partial charge in [0.1, 0.15) is 11.6 Å². The standard InChI is InChI=1S/C27H17N5O3/c28-14-20-23(16-10-12-18(13-11-16)32(33)34)21(15-29)27(30)35-26(20)24-19-8-4-5-9-22(19)31-25(24)17-6-2-1-3-7-17/h1-13,23,31H,30H2. The number of aromatic amines is 1. The lowest BCUT2D eigenvalue weighted by molar-refractivity contribution is -0.384. The Hall–Kier alpha value is -5.34. The van der Waals surface area contributed by atoms with Crippen LogP contribution in [-0.4, -0.2) is 9.91 Å². The van der Waals surface area contributed by atoms with Crippen molar-refractivity contribution in [2.24, 2.45) is 5.73 Å². The maximum absolute atomic E-state index is 11.1. The van der Waals surface area contributed by atoms with E-state index in [1.54, 1.807) is 0 Å². The lowest BCUT2D eigenvalue weighted by atomic mass is 9.82. The minimum Gasteiger partial charge on any atom is -0.439 e. The number of rotatable bonds is 4. The first kappa shape index (κ1) is 21.5. The molecule has 1 atom stereocenters. The minimum absolute atomic E-state index is 0.0697. The smallest absolute Gasteiger partial charge is 0.269 e. The second kappa shape index (κ2) is 8.54. The Labute approximate surface area is 199 Å². The molecule has 1 unspecified atom stereocenters. The zero-order chi connectivity index (χ0) is 24.5. The van der Waals surface area contributed by atoms with E-state index in [2.05, 4.69) is 17.1 Å². The molecular weight excluding hydrogens is 442 g/mol. The Morgan fingerprint density at radius 1 is 0.914 bits per heavy atom. The number of nitro benzene ring substituents is 1. The number of nitriles is 2. The van der Waals surface area contributed by atoms with E-state index < -0.39 is 10.8 Å². The molecule has 35 heavy (non-hydrogen) atoms. The molecule has 0 saturated heterocycles. The lowest BCUT2D eigenvalue weighted by Gasteiger charge is -2.26. The number of nitro groups is 1. The molecule has 8 heteroatoms. The van der Waals surface area contributed by atoms with E-state index in [-0.39, 0.29) is 28.5 Å². The molecule has 0 radical (unpaired) electrons. The molecule has 1 aromatic heterocycles. The van der Waals surface area contributed by atoms with Crippen molar-refractivity contribution in [1.29, 1.82) is 10.5 Å². The first-order valence-electron chi connectivity index (χ1n) is 10.7. The third kappa shape index (κ3) is 3.56. The molecule has 168 valence electrons. The molecule has 2 heterocycles. The minimum atomic E-state index is -0.841. The Kier molecular flexibility index (Phi) is 5.25. The van der Waals surface area contributed by atoms with Gasteiger partial charge in [-0.1, -0.05) is 60.7 Å².